The molecule has 7 heteroatoms. The zero-order valence-electron chi connectivity index (χ0n) is 9.37. The van der Waals surface area contributed by atoms with Gasteiger partial charge in [0.25, 0.3) is 0 Å². The monoisotopic (exact) mass is 319 g/mol. The van der Waals surface area contributed by atoms with E-state index in [1.54, 1.807) is 13.1 Å². The molecule has 0 aliphatic heterocycles. The average Bonchev–Trinajstić information content (AvgIpc) is 2.77. The van der Waals surface area contributed by atoms with E-state index in [-0.39, 0.29) is 0 Å². The summed E-state index contributed by atoms with van der Waals surface area (Å²) in [5.74, 6) is 0.398. The molecule has 2 aromatic rings. The number of hydrogen-bond acceptors (Lipinski definition) is 2. The zero-order valence-corrected chi connectivity index (χ0v) is 11.0. The molecule has 0 radical (unpaired) electrons. The molecule has 0 aliphatic rings. The standard InChI is InChI=1S/C11H9BrF3N3/c1-7-2-8(3-12)4-16-10(7)18-6-9(5-17-18)11(13,14)15/h2,4-6H,3H2,1H3. The van der Waals surface area contributed by atoms with E-state index in [9.17, 15) is 13.2 Å². The molecule has 0 bridgehead atoms. The third-order valence-corrected chi connectivity index (χ3v) is 3.04. The second-order valence-corrected chi connectivity index (χ2v) is 4.35. The summed E-state index contributed by atoms with van der Waals surface area (Å²) >= 11 is 3.29. The van der Waals surface area contributed by atoms with Gasteiger partial charge in [0.15, 0.2) is 5.82 Å². The van der Waals surface area contributed by atoms with Crippen LogP contribution in [0.15, 0.2) is 24.7 Å². The molecule has 2 aromatic heterocycles. The van der Waals surface area contributed by atoms with Crippen molar-refractivity contribution in [3.8, 4) is 5.82 Å². The molecule has 18 heavy (non-hydrogen) atoms. The Morgan fingerprint density at radius 1 is 1.33 bits per heavy atom. The van der Waals surface area contributed by atoms with Crippen molar-refractivity contribution < 1.29 is 13.2 Å². The summed E-state index contributed by atoms with van der Waals surface area (Å²) in [4.78, 5) is 4.12. The topological polar surface area (TPSA) is 30.7 Å². The first-order valence-electron chi connectivity index (χ1n) is 5.05. The predicted octanol–water partition coefficient (Wildman–Crippen LogP) is 3.49. The summed E-state index contributed by atoms with van der Waals surface area (Å²) in [6.07, 6.45) is -1.06. The number of aromatic nitrogens is 3. The van der Waals surface area contributed by atoms with Gasteiger partial charge in [0, 0.05) is 17.7 Å². The van der Waals surface area contributed by atoms with Gasteiger partial charge in [0.1, 0.15) is 0 Å². The molecule has 0 saturated carbocycles. The van der Waals surface area contributed by atoms with E-state index >= 15 is 0 Å². The number of alkyl halides is 4. The highest BCUT2D eigenvalue weighted by atomic mass is 79.9. The van der Waals surface area contributed by atoms with Crippen LogP contribution in [0.4, 0.5) is 13.2 Å². The lowest BCUT2D eigenvalue weighted by molar-refractivity contribution is -0.137. The zero-order chi connectivity index (χ0) is 13.3. The van der Waals surface area contributed by atoms with Crippen LogP contribution in [0.1, 0.15) is 16.7 Å². The van der Waals surface area contributed by atoms with Crippen molar-refractivity contribution in [1.82, 2.24) is 14.8 Å². The Kier molecular flexibility index (Phi) is 3.43. The highest BCUT2D eigenvalue weighted by Crippen LogP contribution is 2.29. The van der Waals surface area contributed by atoms with Crippen molar-refractivity contribution in [2.75, 3.05) is 0 Å². The molecule has 0 spiro atoms. The SMILES string of the molecule is Cc1cc(CBr)cnc1-n1cc(C(F)(F)F)cn1. The Bertz CT molecular complexity index is 563. The van der Waals surface area contributed by atoms with Crippen molar-refractivity contribution in [3.05, 3.63) is 41.3 Å². The Morgan fingerprint density at radius 3 is 2.56 bits per heavy atom. The van der Waals surface area contributed by atoms with Crippen LogP contribution in [0, 0.1) is 6.92 Å². The maximum atomic E-state index is 12.5. The Labute approximate surface area is 110 Å². The number of rotatable bonds is 2. The van der Waals surface area contributed by atoms with E-state index in [0.29, 0.717) is 11.1 Å². The van der Waals surface area contributed by atoms with Gasteiger partial charge in [-0.3, -0.25) is 0 Å². The quantitative estimate of drug-likeness (QED) is 0.793. The van der Waals surface area contributed by atoms with E-state index in [1.807, 2.05) is 6.07 Å². The lowest BCUT2D eigenvalue weighted by Crippen LogP contribution is -2.04. The average molecular weight is 320 g/mol. The van der Waals surface area contributed by atoms with E-state index in [4.69, 9.17) is 0 Å². The molecule has 0 amide bonds. The Morgan fingerprint density at radius 2 is 2.06 bits per heavy atom. The third-order valence-electron chi connectivity index (χ3n) is 2.39. The van der Waals surface area contributed by atoms with Crippen molar-refractivity contribution in [1.29, 1.82) is 0 Å². The van der Waals surface area contributed by atoms with Gasteiger partial charge in [0.2, 0.25) is 0 Å². The van der Waals surface area contributed by atoms with Crippen LogP contribution in [0.2, 0.25) is 0 Å². The summed E-state index contributed by atoms with van der Waals surface area (Å²) in [7, 11) is 0. The normalized spacial score (nSPS) is 11.8. The number of aryl methyl sites for hydroxylation is 1. The largest absolute Gasteiger partial charge is 0.419 e. The van der Waals surface area contributed by atoms with Gasteiger partial charge in [-0.25, -0.2) is 9.67 Å². The molecule has 2 heterocycles. The molecule has 3 nitrogen and oxygen atoms in total. The smallest absolute Gasteiger partial charge is 0.237 e. The van der Waals surface area contributed by atoms with Crippen LogP contribution >= 0.6 is 15.9 Å². The highest BCUT2D eigenvalue weighted by molar-refractivity contribution is 9.08. The molecule has 0 aliphatic carbocycles. The van der Waals surface area contributed by atoms with Crippen LogP contribution in [0.3, 0.4) is 0 Å². The maximum Gasteiger partial charge on any atom is 0.419 e. The molecule has 0 fully saturated rings. The minimum absolute atomic E-state index is 0.398. The molecule has 2 rings (SSSR count). The number of pyridine rings is 1. The van der Waals surface area contributed by atoms with Crippen molar-refractivity contribution in [2.45, 2.75) is 18.4 Å². The second kappa shape index (κ2) is 4.72. The Balaban J connectivity index is 2.40. The first kappa shape index (κ1) is 13.1. The van der Waals surface area contributed by atoms with Gasteiger partial charge in [-0.1, -0.05) is 15.9 Å². The summed E-state index contributed by atoms with van der Waals surface area (Å²) in [6, 6.07) is 1.85. The molecule has 0 N–H and O–H groups in total. The minimum atomic E-state index is -4.39. The van der Waals surface area contributed by atoms with Gasteiger partial charge < -0.3 is 0 Å². The van der Waals surface area contributed by atoms with Gasteiger partial charge in [0.05, 0.1) is 11.8 Å². The molecule has 0 unspecified atom stereocenters. The fraction of sp³-hybridized carbons (Fsp3) is 0.273. The number of hydrogen-bond donors (Lipinski definition) is 0. The van der Waals surface area contributed by atoms with Crippen molar-refractivity contribution >= 4 is 15.9 Å². The minimum Gasteiger partial charge on any atom is -0.237 e. The molecule has 0 saturated heterocycles. The summed E-state index contributed by atoms with van der Waals surface area (Å²) in [5, 5.41) is 4.34. The van der Waals surface area contributed by atoms with Crippen molar-refractivity contribution in [3.63, 3.8) is 0 Å². The summed E-state index contributed by atoms with van der Waals surface area (Å²) in [5.41, 5.74) is 0.941. The number of halogens is 4. The first-order valence-corrected chi connectivity index (χ1v) is 6.17. The lowest BCUT2D eigenvalue weighted by Gasteiger charge is -2.06. The highest BCUT2D eigenvalue weighted by Gasteiger charge is 2.32. The molecular formula is C11H9BrF3N3. The third kappa shape index (κ3) is 2.55. The fourth-order valence-electron chi connectivity index (χ4n) is 1.52. The summed E-state index contributed by atoms with van der Waals surface area (Å²) in [6.45, 7) is 1.78. The molecule has 96 valence electrons. The lowest BCUT2D eigenvalue weighted by atomic mass is 10.2. The molecule has 0 aromatic carbocycles. The predicted molar refractivity (Wildman–Crippen MR) is 63.7 cm³/mol. The van der Waals surface area contributed by atoms with Crippen LogP contribution in [-0.2, 0) is 11.5 Å². The van der Waals surface area contributed by atoms with E-state index in [0.717, 1.165) is 28.2 Å². The first-order chi connectivity index (χ1) is 8.41. The van der Waals surface area contributed by atoms with Gasteiger partial charge in [-0.2, -0.15) is 18.3 Å². The van der Waals surface area contributed by atoms with E-state index < -0.39 is 11.7 Å². The van der Waals surface area contributed by atoms with E-state index in [1.165, 1.54) is 0 Å². The van der Waals surface area contributed by atoms with Crippen LogP contribution in [0.5, 0.6) is 0 Å². The maximum absolute atomic E-state index is 12.5. The van der Waals surface area contributed by atoms with Crippen LogP contribution in [0.25, 0.3) is 5.82 Å². The Hall–Kier alpha value is -1.37. The summed E-state index contributed by atoms with van der Waals surface area (Å²) < 4.78 is 38.5. The van der Waals surface area contributed by atoms with Gasteiger partial charge in [-0.05, 0) is 24.1 Å². The molecule has 0 atom stereocenters. The second-order valence-electron chi connectivity index (χ2n) is 3.79. The van der Waals surface area contributed by atoms with Crippen LogP contribution in [-0.4, -0.2) is 14.8 Å². The molecular weight excluding hydrogens is 311 g/mol. The van der Waals surface area contributed by atoms with Crippen LogP contribution < -0.4 is 0 Å². The van der Waals surface area contributed by atoms with Gasteiger partial charge >= 0.3 is 6.18 Å². The fourth-order valence-corrected chi connectivity index (χ4v) is 1.83. The van der Waals surface area contributed by atoms with Gasteiger partial charge in [-0.15, -0.1) is 0 Å². The van der Waals surface area contributed by atoms with Crippen molar-refractivity contribution in [2.24, 2.45) is 0 Å². The number of nitrogens with zero attached hydrogens (tertiary/aromatic N) is 3. The van der Waals surface area contributed by atoms with E-state index in [2.05, 4.69) is 26.0 Å².